The fourth-order valence-electron chi connectivity index (χ4n) is 1.79. The molecule has 0 aliphatic carbocycles. The van der Waals surface area contributed by atoms with Crippen LogP contribution in [-0.4, -0.2) is 47.5 Å². The molecule has 0 aromatic rings. The van der Waals surface area contributed by atoms with Gasteiger partial charge in [-0.05, 0) is 12.3 Å². The molecule has 1 saturated heterocycles. The Labute approximate surface area is 112 Å². The van der Waals surface area contributed by atoms with Crippen LogP contribution in [0.2, 0.25) is 0 Å². The second-order valence-electron chi connectivity index (χ2n) is 4.55. The van der Waals surface area contributed by atoms with E-state index in [9.17, 15) is 13.2 Å². The molecule has 1 rings (SSSR count). The molecular weight excluding hydrogens is 276 g/mol. The molecule has 0 aromatic carbocycles. The van der Waals surface area contributed by atoms with Gasteiger partial charge >= 0.3 is 5.97 Å². The molecule has 0 spiro atoms. The predicted molar refractivity (Wildman–Crippen MR) is 71.6 cm³/mol. The molecule has 1 aliphatic rings. The van der Waals surface area contributed by atoms with Gasteiger partial charge in [0.2, 0.25) is 0 Å². The topological polar surface area (TPSA) is 86.7 Å². The molecule has 18 heavy (non-hydrogen) atoms. The molecule has 0 bridgehead atoms. The second-order valence-corrected chi connectivity index (χ2v) is 7.36. The largest absolute Gasteiger partial charge is 0.480 e. The zero-order valence-electron chi connectivity index (χ0n) is 10.8. The van der Waals surface area contributed by atoms with Crippen LogP contribution in [0, 0.1) is 5.92 Å². The minimum absolute atomic E-state index is 0.0672. The summed E-state index contributed by atoms with van der Waals surface area (Å²) in [7, 11) is -3.73. The number of nitrogens with one attached hydrogen (secondary N) is 1. The van der Waals surface area contributed by atoms with Gasteiger partial charge in [0.1, 0.15) is 6.04 Å². The van der Waals surface area contributed by atoms with Crippen molar-refractivity contribution in [1.29, 1.82) is 0 Å². The third-order valence-electron chi connectivity index (χ3n) is 2.65. The number of carboxylic acids is 1. The Morgan fingerprint density at radius 1 is 1.56 bits per heavy atom. The molecule has 0 radical (unpaired) electrons. The number of hydrogen-bond donors (Lipinski definition) is 2. The third kappa shape index (κ3) is 3.37. The molecule has 0 amide bonds. The first-order valence-electron chi connectivity index (χ1n) is 5.93. The Morgan fingerprint density at radius 3 is 2.61 bits per heavy atom. The van der Waals surface area contributed by atoms with Gasteiger partial charge in [0.25, 0.3) is 10.2 Å². The molecule has 0 saturated carbocycles. The van der Waals surface area contributed by atoms with Crippen LogP contribution in [0.5, 0.6) is 0 Å². The van der Waals surface area contributed by atoms with Gasteiger partial charge in [-0.1, -0.05) is 20.8 Å². The summed E-state index contributed by atoms with van der Waals surface area (Å²) in [6.45, 7) is 5.96. The number of hydrogen-bond acceptors (Lipinski definition) is 4. The Hall–Kier alpha value is -0.310. The van der Waals surface area contributed by atoms with E-state index in [-0.39, 0.29) is 11.3 Å². The predicted octanol–water partition coefficient (Wildman–Crippen LogP) is 0.715. The summed E-state index contributed by atoms with van der Waals surface area (Å²) < 4.78 is 27.9. The van der Waals surface area contributed by atoms with E-state index in [2.05, 4.69) is 4.72 Å². The Morgan fingerprint density at radius 2 is 2.17 bits per heavy atom. The zero-order valence-corrected chi connectivity index (χ0v) is 12.4. The molecule has 8 heteroatoms. The molecule has 1 fully saturated rings. The van der Waals surface area contributed by atoms with Crippen LogP contribution in [0.4, 0.5) is 0 Å². The minimum Gasteiger partial charge on any atom is -0.480 e. The Bertz CT molecular complexity index is 397. The second kappa shape index (κ2) is 6.23. The number of aliphatic carboxylic acids is 1. The molecule has 1 heterocycles. The van der Waals surface area contributed by atoms with Crippen molar-refractivity contribution in [2.45, 2.75) is 38.6 Å². The summed E-state index contributed by atoms with van der Waals surface area (Å²) in [5.41, 5.74) is 0. The molecular formula is C10H20N2O4S2. The summed E-state index contributed by atoms with van der Waals surface area (Å²) in [6.07, 6.45) is 0.671. The van der Waals surface area contributed by atoms with Gasteiger partial charge in [-0.15, -0.1) is 11.8 Å². The first-order valence-corrected chi connectivity index (χ1v) is 8.42. The quantitative estimate of drug-likeness (QED) is 0.754. The maximum atomic E-state index is 12.2. The van der Waals surface area contributed by atoms with Gasteiger partial charge in [-0.2, -0.15) is 12.7 Å². The van der Waals surface area contributed by atoms with E-state index in [0.29, 0.717) is 18.7 Å². The number of rotatable bonds is 6. The van der Waals surface area contributed by atoms with Crippen molar-refractivity contribution in [2.75, 3.05) is 12.3 Å². The van der Waals surface area contributed by atoms with Crippen LogP contribution in [0.25, 0.3) is 0 Å². The smallest absolute Gasteiger partial charge is 0.322 e. The Balaban J connectivity index is 2.99. The first kappa shape index (κ1) is 15.7. The van der Waals surface area contributed by atoms with E-state index in [1.807, 2.05) is 20.8 Å². The van der Waals surface area contributed by atoms with Crippen LogP contribution in [0.15, 0.2) is 0 Å². The van der Waals surface area contributed by atoms with Gasteiger partial charge in [-0.3, -0.25) is 4.79 Å². The lowest BCUT2D eigenvalue weighted by molar-refractivity contribution is -0.140. The number of thioether (sulfide) groups is 1. The maximum absolute atomic E-state index is 12.2. The van der Waals surface area contributed by atoms with E-state index < -0.39 is 22.2 Å². The Kier molecular flexibility index (Phi) is 5.45. The fourth-order valence-corrected chi connectivity index (χ4v) is 5.40. The highest BCUT2D eigenvalue weighted by Gasteiger charge is 2.46. The minimum atomic E-state index is -3.73. The number of carbonyl (C=O) groups is 1. The third-order valence-corrected chi connectivity index (χ3v) is 6.01. The van der Waals surface area contributed by atoms with Gasteiger partial charge in [0.15, 0.2) is 0 Å². The van der Waals surface area contributed by atoms with Gasteiger partial charge in [-0.25, -0.2) is 4.72 Å². The highest BCUT2D eigenvalue weighted by atomic mass is 32.2. The molecule has 106 valence electrons. The summed E-state index contributed by atoms with van der Waals surface area (Å²) >= 11 is 1.38. The lowest BCUT2D eigenvalue weighted by atomic mass is 10.2. The van der Waals surface area contributed by atoms with Crippen LogP contribution in [0.1, 0.15) is 27.2 Å². The normalized spacial score (nSPS) is 25.8. The number of nitrogens with zero attached hydrogens (tertiary/aromatic N) is 1. The lowest BCUT2D eigenvalue weighted by Gasteiger charge is -2.28. The maximum Gasteiger partial charge on any atom is 0.322 e. The van der Waals surface area contributed by atoms with E-state index >= 15 is 0 Å². The lowest BCUT2D eigenvalue weighted by Crippen LogP contribution is -2.51. The van der Waals surface area contributed by atoms with Crippen LogP contribution < -0.4 is 4.72 Å². The van der Waals surface area contributed by atoms with Crippen molar-refractivity contribution in [1.82, 2.24) is 9.03 Å². The SMILES string of the molecule is CCCNS(=O)(=O)N1C(C(=O)O)CSC1C(C)C. The molecule has 2 N–H and O–H groups in total. The highest BCUT2D eigenvalue weighted by Crippen LogP contribution is 2.35. The summed E-state index contributed by atoms with van der Waals surface area (Å²) in [4.78, 5) is 11.2. The molecule has 2 unspecified atom stereocenters. The van der Waals surface area contributed by atoms with E-state index in [1.165, 1.54) is 11.8 Å². The summed E-state index contributed by atoms with van der Waals surface area (Å²) in [5.74, 6) is -0.726. The molecule has 0 aromatic heterocycles. The van der Waals surface area contributed by atoms with Gasteiger partial charge in [0.05, 0.1) is 5.37 Å². The zero-order chi connectivity index (χ0) is 13.9. The van der Waals surface area contributed by atoms with Crippen molar-refractivity contribution >= 4 is 27.9 Å². The van der Waals surface area contributed by atoms with Gasteiger partial charge < -0.3 is 5.11 Å². The van der Waals surface area contributed by atoms with Crippen molar-refractivity contribution in [2.24, 2.45) is 5.92 Å². The van der Waals surface area contributed by atoms with Crippen LogP contribution in [0.3, 0.4) is 0 Å². The summed E-state index contributed by atoms with van der Waals surface area (Å²) in [5, 5.41) is 8.81. The van der Waals surface area contributed by atoms with Crippen molar-refractivity contribution in [3.05, 3.63) is 0 Å². The monoisotopic (exact) mass is 296 g/mol. The van der Waals surface area contributed by atoms with Crippen molar-refractivity contribution < 1.29 is 18.3 Å². The van der Waals surface area contributed by atoms with Crippen LogP contribution in [-0.2, 0) is 15.0 Å². The fraction of sp³-hybridized carbons (Fsp3) is 0.900. The number of carboxylic acid groups (broad SMARTS) is 1. The average molecular weight is 296 g/mol. The van der Waals surface area contributed by atoms with E-state index in [4.69, 9.17) is 5.11 Å². The molecule has 6 nitrogen and oxygen atoms in total. The van der Waals surface area contributed by atoms with Crippen LogP contribution >= 0.6 is 11.8 Å². The standard InChI is InChI=1S/C10H20N2O4S2/c1-4-5-11-18(15,16)12-8(10(13)14)6-17-9(12)7(2)3/h7-9,11H,4-6H2,1-3H3,(H,13,14). The van der Waals surface area contributed by atoms with Crippen molar-refractivity contribution in [3.8, 4) is 0 Å². The highest BCUT2D eigenvalue weighted by molar-refractivity contribution is 8.01. The van der Waals surface area contributed by atoms with E-state index in [1.54, 1.807) is 0 Å². The van der Waals surface area contributed by atoms with Crippen molar-refractivity contribution in [3.63, 3.8) is 0 Å². The summed E-state index contributed by atoms with van der Waals surface area (Å²) in [6, 6.07) is -0.975. The van der Waals surface area contributed by atoms with Gasteiger partial charge in [0, 0.05) is 12.3 Å². The first-order chi connectivity index (χ1) is 8.31. The average Bonchev–Trinajstić information content (AvgIpc) is 2.71. The molecule has 2 atom stereocenters. The molecule has 1 aliphatic heterocycles. The van der Waals surface area contributed by atoms with E-state index in [0.717, 1.165) is 4.31 Å².